The topological polar surface area (TPSA) is 74.7 Å². The minimum Gasteiger partial charge on any atom is -0.481 e. The molecule has 0 saturated heterocycles. The van der Waals surface area contributed by atoms with Gasteiger partial charge in [0.25, 0.3) is 0 Å². The average molecular weight is 223 g/mol. The van der Waals surface area contributed by atoms with Crippen molar-refractivity contribution in [2.75, 3.05) is 32.1 Å². The SMILES string of the molecule is CCN(C)CC(CS(C)(=O)=O)C(=O)O. The van der Waals surface area contributed by atoms with Crippen LogP contribution in [0.25, 0.3) is 0 Å². The van der Waals surface area contributed by atoms with Crippen LogP contribution >= 0.6 is 0 Å². The highest BCUT2D eigenvalue weighted by atomic mass is 32.2. The lowest BCUT2D eigenvalue weighted by atomic mass is 10.2. The lowest BCUT2D eigenvalue weighted by molar-refractivity contribution is -0.141. The fraction of sp³-hybridized carbons (Fsp3) is 0.875. The van der Waals surface area contributed by atoms with Crippen molar-refractivity contribution in [3.8, 4) is 0 Å². The highest BCUT2D eigenvalue weighted by molar-refractivity contribution is 7.90. The Labute approximate surface area is 84.6 Å². The van der Waals surface area contributed by atoms with Gasteiger partial charge in [-0.1, -0.05) is 6.92 Å². The molecule has 0 aliphatic rings. The highest BCUT2D eigenvalue weighted by Crippen LogP contribution is 2.03. The third kappa shape index (κ3) is 5.93. The largest absolute Gasteiger partial charge is 0.481 e. The summed E-state index contributed by atoms with van der Waals surface area (Å²) in [6.07, 6.45) is 1.05. The van der Waals surface area contributed by atoms with Gasteiger partial charge in [-0.3, -0.25) is 4.79 Å². The molecule has 84 valence electrons. The quantitative estimate of drug-likeness (QED) is 0.668. The molecule has 5 nitrogen and oxygen atoms in total. The van der Waals surface area contributed by atoms with E-state index in [-0.39, 0.29) is 12.3 Å². The van der Waals surface area contributed by atoms with Crippen LogP contribution < -0.4 is 0 Å². The predicted octanol–water partition coefficient (Wildman–Crippen LogP) is -0.316. The maximum Gasteiger partial charge on any atom is 0.308 e. The van der Waals surface area contributed by atoms with Crippen LogP contribution in [-0.4, -0.2) is 56.5 Å². The van der Waals surface area contributed by atoms with Crippen LogP contribution in [-0.2, 0) is 14.6 Å². The zero-order valence-corrected chi connectivity index (χ0v) is 9.54. The van der Waals surface area contributed by atoms with Gasteiger partial charge in [0.15, 0.2) is 0 Å². The Morgan fingerprint density at radius 1 is 1.50 bits per heavy atom. The van der Waals surface area contributed by atoms with E-state index in [1.54, 1.807) is 11.9 Å². The van der Waals surface area contributed by atoms with Crippen LogP contribution in [0.2, 0.25) is 0 Å². The van der Waals surface area contributed by atoms with Crippen molar-refractivity contribution in [2.45, 2.75) is 6.92 Å². The van der Waals surface area contributed by atoms with Crippen molar-refractivity contribution in [1.29, 1.82) is 0 Å². The van der Waals surface area contributed by atoms with Crippen LogP contribution in [0.15, 0.2) is 0 Å². The Kier molecular flexibility index (Phi) is 5.07. The Bertz CT molecular complexity index is 286. The van der Waals surface area contributed by atoms with Crippen LogP contribution in [0, 0.1) is 5.92 Å². The summed E-state index contributed by atoms with van der Waals surface area (Å²) in [5.74, 6) is -2.20. The van der Waals surface area contributed by atoms with Crippen LogP contribution in [0.4, 0.5) is 0 Å². The molecule has 1 N–H and O–H groups in total. The molecule has 0 aliphatic heterocycles. The normalized spacial score (nSPS) is 14.3. The first-order valence-electron chi connectivity index (χ1n) is 4.35. The van der Waals surface area contributed by atoms with Gasteiger partial charge >= 0.3 is 5.97 Å². The summed E-state index contributed by atoms with van der Waals surface area (Å²) < 4.78 is 21.9. The van der Waals surface area contributed by atoms with E-state index in [0.29, 0.717) is 6.54 Å². The zero-order chi connectivity index (χ0) is 11.4. The zero-order valence-electron chi connectivity index (χ0n) is 8.73. The van der Waals surface area contributed by atoms with E-state index < -0.39 is 21.7 Å². The molecule has 0 aliphatic carbocycles. The van der Waals surface area contributed by atoms with Gasteiger partial charge in [-0.15, -0.1) is 0 Å². The van der Waals surface area contributed by atoms with Gasteiger partial charge in [0.05, 0.1) is 11.7 Å². The lowest BCUT2D eigenvalue weighted by Crippen LogP contribution is -2.34. The number of carboxylic acid groups (broad SMARTS) is 1. The van der Waals surface area contributed by atoms with Crippen LogP contribution in [0.1, 0.15) is 6.92 Å². The minimum absolute atomic E-state index is 0.263. The monoisotopic (exact) mass is 223 g/mol. The van der Waals surface area contributed by atoms with Crippen molar-refractivity contribution in [3.05, 3.63) is 0 Å². The Morgan fingerprint density at radius 2 is 2.00 bits per heavy atom. The van der Waals surface area contributed by atoms with Gasteiger partial charge in [-0.05, 0) is 13.6 Å². The maximum atomic E-state index is 10.9. The van der Waals surface area contributed by atoms with Crippen molar-refractivity contribution in [1.82, 2.24) is 4.90 Å². The number of carboxylic acids is 1. The molecule has 0 radical (unpaired) electrons. The number of hydrogen-bond acceptors (Lipinski definition) is 4. The van der Waals surface area contributed by atoms with Crippen molar-refractivity contribution in [2.24, 2.45) is 5.92 Å². The van der Waals surface area contributed by atoms with Crippen molar-refractivity contribution in [3.63, 3.8) is 0 Å². The summed E-state index contributed by atoms with van der Waals surface area (Å²) in [7, 11) is -1.47. The second kappa shape index (κ2) is 5.31. The number of nitrogens with zero attached hydrogens (tertiary/aromatic N) is 1. The molecule has 0 aromatic rings. The molecule has 0 spiro atoms. The van der Waals surface area contributed by atoms with Crippen LogP contribution in [0.3, 0.4) is 0 Å². The molecule has 1 unspecified atom stereocenters. The average Bonchev–Trinajstić information content (AvgIpc) is 2.00. The number of hydrogen-bond donors (Lipinski definition) is 1. The number of aliphatic carboxylic acids is 1. The van der Waals surface area contributed by atoms with E-state index in [2.05, 4.69) is 0 Å². The van der Waals surface area contributed by atoms with E-state index in [0.717, 1.165) is 6.26 Å². The van der Waals surface area contributed by atoms with Crippen molar-refractivity contribution >= 4 is 15.8 Å². The number of carbonyl (C=O) groups is 1. The molecule has 0 rings (SSSR count). The summed E-state index contributed by atoms with van der Waals surface area (Å²) >= 11 is 0. The standard InChI is InChI=1S/C8H17NO4S/c1-4-9(2)5-7(8(10)11)6-14(3,12)13/h7H,4-6H2,1-3H3,(H,10,11). The Hall–Kier alpha value is -0.620. The summed E-state index contributed by atoms with van der Waals surface area (Å²) in [5.41, 5.74) is 0. The van der Waals surface area contributed by atoms with Gasteiger partial charge in [-0.25, -0.2) is 8.42 Å². The highest BCUT2D eigenvalue weighted by Gasteiger charge is 2.23. The van der Waals surface area contributed by atoms with Crippen molar-refractivity contribution < 1.29 is 18.3 Å². The summed E-state index contributed by atoms with van der Waals surface area (Å²) in [6, 6.07) is 0. The Balaban J connectivity index is 4.39. The molecule has 0 aromatic carbocycles. The van der Waals surface area contributed by atoms with E-state index in [1.807, 2.05) is 6.92 Å². The van der Waals surface area contributed by atoms with E-state index in [4.69, 9.17) is 5.11 Å². The van der Waals surface area contributed by atoms with E-state index in [9.17, 15) is 13.2 Å². The van der Waals surface area contributed by atoms with Gasteiger partial charge in [0.1, 0.15) is 9.84 Å². The van der Waals surface area contributed by atoms with Gasteiger partial charge in [0.2, 0.25) is 0 Å². The number of sulfone groups is 1. The summed E-state index contributed by atoms with van der Waals surface area (Å²) in [4.78, 5) is 12.5. The third-order valence-corrected chi connectivity index (χ3v) is 2.93. The van der Waals surface area contributed by atoms with E-state index >= 15 is 0 Å². The predicted molar refractivity (Wildman–Crippen MR) is 54.0 cm³/mol. The fourth-order valence-electron chi connectivity index (χ4n) is 1.07. The fourth-order valence-corrected chi connectivity index (χ4v) is 2.05. The Morgan fingerprint density at radius 3 is 2.29 bits per heavy atom. The van der Waals surface area contributed by atoms with Gasteiger partial charge in [0, 0.05) is 12.8 Å². The first-order chi connectivity index (χ1) is 6.26. The van der Waals surface area contributed by atoms with E-state index in [1.165, 1.54) is 0 Å². The first kappa shape index (κ1) is 13.4. The van der Waals surface area contributed by atoms with Crippen LogP contribution in [0.5, 0.6) is 0 Å². The molecule has 0 saturated carbocycles. The lowest BCUT2D eigenvalue weighted by Gasteiger charge is -2.18. The molecule has 6 heteroatoms. The summed E-state index contributed by atoms with van der Waals surface area (Å²) in [6.45, 7) is 2.85. The maximum absolute atomic E-state index is 10.9. The molecule has 0 aromatic heterocycles. The third-order valence-electron chi connectivity index (χ3n) is 1.93. The summed E-state index contributed by atoms with van der Waals surface area (Å²) in [5, 5.41) is 8.79. The van der Waals surface area contributed by atoms with Gasteiger partial charge < -0.3 is 10.0 Å². The smallest absolute Gasteiger partial charge is 0.308 e. The molecule has 0 amide bonds. The number of rotatable bonds is 6. The molecule has 14 heavy (non-hydrogen) atoms. The molecular weight excluding hydrogens is 206 g/mol. The molecular formula is C8H17NO4S. The molecule has 0 heterocycles. The minimum atomic E-state index is -3.23. The molecule has 0 fully saturated rings. The molecule has 1 atom stereocenters. The second-order valence-electron chi connectivity index (χ2n) is 3.48. The van der Waals surface area contributed by atoms with Gasteiger partial charge in [-0.2, -0.15) is 0 Å². The second-order valence-corrected chi connectivity index (χ2v) is 5.67. The molecule has 0 bridgehead atoms. The first-order valence-corrected chi connectivity index (χ1v) is 6.41.